The molecule has 0 saturated carbocycles. The van der Waals surface area contributed by atoms with Crippen molar-refractivity contribution in [1.29, 1.82) is 0 Å². The van der Waals surface area contributed by atoms with Crippen molar-refractivity contribution in [3.05, 3.63) is 107 Å². The zero-order chi connectivity index (χ0) is 28.3. The molecular formula is C32H32N4O5. The normalized spacial score (nSPS) is 19.6. The van der Waals surface area contributed by atoms with Crippen molar-refractivity contribution >= 4 is 17.8 Å². The number of likely N-dealkylation sites (N-methyl/N-ethyl adjacent to an activating group) is 1. The summed E-state index contributed by atoms with van der Waals surface area (Å²) in [5, 5.41) is 3.03. The Labute approximate surface area is 238 Å². The third-order valence-electron chi connectivity index (χ3n) is 7.72. The Hall–Kier alpha value is -4.63. The number of rotatable bonds is 7. The third-order valence-corrected chi connectivity index (χ3v) is 7.72. The Kier molecular flexibility index (Phi) is 7.43. The van der Waals surface area contributed by atoms with Crippen molar-refractivity contribution in [2.24, 2.45) is 0 Å². The number of morpholine rings is 1. The number of nitrogens with zero attached hydrogens (tertiary/aromatic N) is 3. The average Bonchev–Trinajstić information content (AvgIpc) is 3.34. The van der Waals surface area contributed by atoms with Crippen LogP contribution in [-0.4, -0.2) is 71.9 Å². The van der Waals surface area contributed by atoms with Gasteiger partial charge in [0.15, 0.2) is 0 Å². The fourth-order valence-electron chi connectivity index (χ4n) is 5.74. The van der Waals surface area contributed by atoms with E-state index in [4.69, 9.17) is 9.47 Å². The second-order valence-electron chi connectivity index (χ2n) is 10.2. The molecule has 210 valence electrons. The fourth-order valence-corrected chi connectivity index (χ4v) is 5.74. The van der Waals surface area contributed by atoms with Gasteiger partial charge < -0.3 is 24.6 Å². The summed E-state index contributed by atoms with van der Waals surface area (Å²) in [7, 11) is 0. The molecular weight excluding hydrogens is 520 g/mol. The molecule has 0 unspecified atom stereocenters. The highest BCUT2D eigenvalue weighted by Crippen LogP contribution is 2.41. The number of benzene rings is 3. The molecule has 0 bridgehead atoms. The van der Waals surface area contributed by atoms with Crippen molar-refractivity contribution in [2.45, 2.75) is 19.0 Å². The first-order valence-electron chi connectivity index (χ1n) is 13.9. The molecule has 0 aromatic heterocycles. The second kappa shape index (κ2) is 11.5. The van der Waals surface area contributed by atoms with Gasteiger partial charge in [0.25, 0.3) is 5.91 Å². The SMILES string of the molecule is CCN1C(=O)N[C@H](c2cccc(Oc3ccccc3)c2)C2=C1CN([C@H](C(=O)N1CCOCC1)c1ccccc1)C2=O. The van der Waals surface area contributed by atoms with E-state index in [9.17, 15) is 14.4 Å². The largest absolute Gasteiger partial charge is 0.457 e. The maximum atomic E-state index is 14.3. The van der Waals surface area contributed by atoms with E-state index in [-0.39, 0.29) is 24.4 Å². The second-order valence-corrected chi connectivity index (χ2v) is 10.2. The van der Waals surface area contributed by atoms with E-state index in [1.807, 2.05) is 91.9 Å². The van der Waals surface area contributed by atoms with Crippen LogP contribution in [0.4, 0.5) is 4.79 Å². The van der Waals surface area contributed by atoms with Crippen LogP contribution in [0.1, 0.15) is 30.1 Å². The number of nitrogens with one attached hydrogen (secondary N) is 1. The molecule has 1 fully saturated rings. The van der Waals surface area contributed by atoms with E-state index < -0.39 is 12.1 Å². The predicted molar refractivity (Wildman–Crippen MR) is 152 cm³/mol. The highest BCUT2D eigenvalue weighted by Gasteiger charge is 2.48. The molecule has 41 heavy (non-hydrogen) atoms. The Bertz CT molecular complexity index is 1470. The molecule has 3 aromatic rings. The van der Waals surface area contributed by atoms with Crippen LogP contribution >= 0.6 is 0 Å². The number of carbonyl (C=O) groups excluding carboxylic acids is 3. The molecule has 3 aliphatic heterocycles. The lowest BCUT2D eigenvalue weighted by molar-refractivity contribution is -0.146. The molecule has 9 nitrogen and oxygen atoms in total. The molecule has 0 radical (unpaired) electrons. The van der Waals surface area contributed by atoms with Gasteiger partial charge in [-0.25, -0.2) is 4.79 Å². The van der Waals surface area contributed by atoms with Crippen molar-refractivity contribution < 1.29 is 23.9 Å². The molecule has 0 aliphatic carbocycles. The summed E-state index contributed by atoms with van der Waals surface area (Å²) in [5.74, 6) is 0.859. The maximum Gasteiger partial charge on any atom is 0.322 e. The summed E-state index contributed by atoms with van der Waals surface area (Å²) < 4.78 is 11.5. The van der Waals surface area contributed by atoms with E-state index in [2.05, 4.69) is 5.32 Å². The minimum atomic E-state index is -0.824. The van der Waals surface area contributed by atoms with Gasteiger partial charge in [0.05, 0.1) is 37.1 Å². The minimum Gasteiger partial charge on any atom is -0.457 e. The topological polar surface area (TPSA) is 91.4 Å². The van der Waals surface area contributed by atoms with Gasteiger partial charge in [-0.1, -0.05) is 60.7 Å². The van der Waals surface area contributed by atoms with Gasteiger partial charge >= 0.3 is 6.03 Å². The molecule has 6 rings (SSSR count). The number of para-hydroxylation sites is 1. The smallest absolute Gasteiger partial charge is 0.322 e. The van der Waals surface area contributed by atoms with Crippen LogP contribution in [0.25, 0.3) is 0 Å². The first-order valence-corrected chi connectivity index (χ1v) is 13.9. The van der Waals surface area contributed by atoms with E-state index in [0.29, 0.717) is 55.6 Å². The molecule has 1 saturated heterocycles. The Morgan fingerprint density at radius 3 is 2.34 bits per heavy atom. The van der Waals surface area contributed by atoms with E-state index in [1.54, 1.807) is 14.7 Å². The van der Waals surface area contributed by atoms with Crippen molar-refractivity contribution in [2.75, 3.05) is 39.4 Å². The summed E-state index contributed by atoms with van der Waals surface area (Å²) in [6.45, 7) is 4.28. The predicted octanol–water partition coefficient (Wildman–Crippen LogP) is 4.26. The van der Waals surface area contributed by atoms with Gasteiger partial charge in [-0.3, -0.25) is 14.5 Å². The summed E-state index contributed by atoms with van der Waals surface area (Å²) in [5.41, 5.74) is 2.55. The highest BCUT2D eigenvalue weighted by atomic mass is 16.5. The maximum absolute atomic E-state index is 14.3. The lowest BCUT2D eigenvalue weighted by Crippen LogP contribution is -2.48. The van der Waals surface area contributed by atoms with Gasteiger partial charge in [-0.2, -0.15) is 0 Å². The van der Waals surface area contributed by atoms with E-state index in [0.717, 1.165) is 11.1 Å². The highest BCUT2D eigenvalue weighted by molar-refractivity contribution is 6.04. The Morgan fingerprint density at radius 2 is 1.63 bits per heavy atom. The zero-order valence-corrected chi connectivity index (χ0v) is 22.9. The minimum absolute atomic E-state index is 0.148. The molecule has 3 heterocycles. The third kappa shape index (κ3) is 5.16. The molecule has 0 spiro atoms. The average molecular weight is 553 g/mol. The Balaban J connectivity index is 1.36. The van der Waals surface area contributed by atoms with Crippen LogP contribution < -0.4 is 10.1 Å². The first kappa shape index (κ1) is 26.6. The first-order chi connectivity index (χ1) is 20.0. The number of carbonyl (C=O) groups is 3. The van der Waals surface area contributed by atoms with Crippen molar-refractivity contribution in [3.63, 3.8) is 0 Å². The lowest BCUT2D eigenvalue weighted by Gasteiger charge is -2.35. The zero-order valence-electron chi connectivity index (χ0n) is 22.9. The van der Waals surface area contributed by atoms with E-state index in [1.165, 1.54) is 0 Å². The fraction of sp³-hybridized carbons (Fsp3) is 0.281. The molecule has 3 aromatic carbocycles. The summed E-state index contributed by atoms with van der Waals surface area (Å²) in [6.07, 6.45) is 0. The van der Waals surface area contributed by atoms with Gasteiger partial charge in [0.2, 0.25) is 5.91 Å². The lowest BCUT2D eigenvalue weighted by atomic mass is 9.95. The monoisotopic (exact) mass is 552 g/mol. The number of ether oxygens (including phenoxy) is 2. The summed E-state index contributed by atoms with van der Waals surface area (Å²) in [6, 6.07) is 24.4. The number of hydrogen-bond donors (Lipinski definition) is 1. The van der Waals surface area contributed by atoms with Gasteiger partial charge in [0.1, 0.15) is 17.5 Å². The molecule has 9 heteroatoms. The number of amides is 4. The standard InChI is InChI=1S/C32H32N4O5/c1-2-35-26-21-36(29(22-10-5-3-6-11-22)31(38)34-16-18-40-19-17-34)30(37)27(26)28(33-32(35)39)23-12-9-15-25(20-23)41-24-13-7-4-8-14-24/h3-15,20,28-29H,2,16-19,21H2,1H3,(H,33,39)/t28-,29+/m1/s1. The summed E-state index contributed by atoms with van der Waals surface area (Å²) in [4.78, 5) is 46.6. The molecule has 1 N–H and O–H groups in total. The Morgan fingerprint density at radius 1 is 0.951 bits per heavy atom. The quantitative estimate of drug-likeness (QED) is 0.473. The van der Waals surface area contributed by atoms with Crippen LogP contribution in [0, 0.1) is 0 Å². The van der Waals surface area contributed by atoms with Crippen molar-refractivity contribution in [3.8, 4) is 11.5 Å². The van der Waals surface area contributed by atoms with Crippen LogP contribution in [0.15, 0.2) is 96.2 Å². The number of hydrogen-bond acceptors (Lipinski definition) is 5. The van der Waals surface area contributed by atoms with Gasteiger partial charge in [-0.15, -0.1) is 0 Å². The van der Waals surface area contributed by atoms with E-state index >= 15 is 0 Å². The molecule has 3 aliphatic rings. The molecule has 2 atom stereocenters. The van der Waals surface area contributed by atoms with Crippen LogP contribution in [-0.2, 0) is 14.3 Å². The van der Waals surface area contributed by atoms with Crippen LogP contribution in [0.5, 0.6) is 11.5 Å². The van der Waals surface area contributed by atoms with Crippen LogP contribution in [0.2, 0.25) is 0 Å². The molecule has 4 amide bonds. The summed E-state index contributed by atoms with van der Waals surface area (Å²) >= 11 is 0. The van der Waals surface area contributed by atoms with Gasteiger partial charge in [-0.05, 0) is 42.3 Å². The van der Waals surface area contributed by atoms with Gasteiger partial charge in [0, 0.05) is 19.6 Å². The van der Waals surface area contributed by atoms with Crippen LogP contribution in [0.3, 0.4) is 0 Å². The number of urea groups is 1. The van der Waals surface area contributed by atoms with Crippen molar-refractivity contribution in [1.82, 2.24) is 20.0 Å².